The maximum Gasteiger partial charge on any atom is 0.222 e. The van der Waals surface area contributed by atoms with Gasteiger partial charge in [0.15, 0.2) is 5.96 Å². The van der Waals surface area contributed by atoms with Gasteiger partial charge in [-0.25, -0.2) is 4.99 Å². The van der Waals surface area contributed by atoms with Crippen LogP contribution in [0, 0.1) is 0 Å². The number of guanidine groups is 1. The second kappa shape index (κ2) is 10.5. The predicted octanol–water partition coefficient (Wildman–Crippen LogP) is 4.48. The molecule has 1 amide bonds. The standard InChI is InChI=1S/C22H28N4O.HI/c1-16(2)17-9-5-10-20(13-17)25-22(23)24-14-18-7-3-4-8-19(18)15-26-12-6-11-21(26)27;/h3-5,7-10,13,16H,6,11-12,14-15H2,1-2H3,(H3,23,24,25);1H. The molecule has 1 aliphatic rings. The first-order valence-electron chi connectivity index (χ1n) is 9.54. The highest BCUT2D eigenvalue weighted by Gasteiger charge is 2.20. The van der Waals surface area contributed by atoms with Crippen LogP contribution in [0.25, 0.3) is 0 Å². The molecular formula is C22H29IN4O. The summed E-state index contributed by atoms with van der Waals surface area (Å²) in [6, 6.07) is 16.3. The van der Waals surface area contributed by atoms with Gasteiger partial charge in [-0.1, -0.05) is 50.2 Å². The highest BCUT2D eigenvalue weighted by Crippen LogP contribution is 2.19. The number of rotatable bonds is 6. The van der Waals surface area contributed by atoms with E-state index in [1.165, 1.54) is 5.56 Å². The summed E-state index contributed by atoms with van der Waals surface area (Å²) in [6.45, 7) is 6.30. The molecule has 0 aliphatic carbocycles. The number of anilines is 1. The number of nitrogens with one attached hydrogen (secondary N) is 1. The van der Waals surface area contributed by atoms with Gasteiger partial charge in [-0.2, -0.15) is 0 Å². The number of carbonyl (C=O) groups is 1. The topological polar surface area (TPSA) is 70.7 Å². The van der Waals surface area contributed by atoms with Crippen molar-refractivity contribution in [2.45, 2.75) is 45.7 Å². The van der Waals surface area contributed by atoms with Crippen LogP contribution in [0.1, 0.15) is 49.3 Å². The summed E-state index contributed by atoms with van der Waals surface area (Å²) in [6.07, 6.45) is 1.61. The van der Waals surface area contributed by atoms with Gasteiger partial charge in [0.2, 0.25) is 5.91 Å². The average molecular weight is 492 g/mol. The van der Waals surface area contributed by atoms with E-state index in [0.717, 1.165) is 29.8 Å². The molecule has 0 saturated carbocycles. The molecule has 0 bridgehead atoms. The zero-order chi connectivity index (χ0) is 19.2. The van der Waals surface area contributed by atoms with E-state index in [4.69, 9.17) is 5.73 Å². The number of aliphatic imine (C=N–C) groups is 1. The van der Waals surface area contributed by atoms with E-state index < -0.39 is 0 Å². The molecule has 2 aromatic carbocycles. The van der Waals surface area contributed by atoms with E-state index in [0.29, 0.717) is 31.4 Å². The molecule has 0 radical (unpaired) electrons. The average Bonchev–Trinajstić information content (AvgIpc) is 3.06. The minimum Gasteiger partial charge on any atom is -0.370 e. The zero-order valence-corrected chi connectivity index (χ0v) is 18.9. The van der Waals surface area contributed by atoms with Crippen molar-refractivity contribution in [1.29, 1.82) is 0 Å². The van der Waals surface area contributed by atoms with Crippen molar-refractivity contribution >= 4 is 41.5 Å². The number of likely N-dealkylation sites (tertiary alicyclic amines) is 1. The highest BCUT2D eigenvalue weighted by atomic mass is 127. The van der Waals surface area contributed by atoms with Crippen LogP contribution in [0.2, 0.25) is 0 Å². The van der Waals surface area contributed by atoms with Crippen LogP contribution < -0.4 is 11.1 Å². The number of carbonyl (C=O) groups excluding carboxylic acids is 1. The lowest BCUT2D eigenvalue weighted by molar-refractivity contribution is -0.128. The summed E-state index contributed by atoms with van der Waals surface area (Å²) in [5.74, 6) is 1.09. The quantitative estimate of drug-likeness (QED) is 0.355. The molecule has 3 N–H and O–H groups in total. The fourth-order valence-electron chi connectivity index (χ4n) is 3.28. The largest absolute Gasteiger partial charge is 0.370 e. The van der Waals surface area contributed by atoms with Gasteiger partial charge in [0.25, 0.3) is 0 Å². The molecule has 1 fully saturated rings. The molecule has 3 rings (SSSR count). The van der Waals surface area contributed by atoms with Gasteiger partial charge >= 0.3 is 0 Å². The summed E-state index contributed by atoms with van der Waals surface area (Å²) < 4.78 is 0. The van der Waals surface area contributed by atoms with Crippen LogP contribution in [0.4, 0.5) is 5.69 Å². The summed E-state index contributed by atoms with van der Waals surface area (Å²) in [5.41, 5.74) is 10.5. The molecule has 0 unspecified atom stereocenters. The van der Waals surface area contributed by atoms with Crippen LogP contribution in [0.15, 0.2) is 53.5 Å². The van der Waals surface area contributed by atoms with Gasteiger partial charge in [0.05, 0.1) is 6.54 Å². The van der Waals surface area contributed by atoms with Crippen molar-refractivity contribution in [2.75, 3.05) is 11.9 Å². The number of halogens is 1. The van der Waals surface area contributed by atoms with Crippen molar-refractivity contribution in [2.24, 2.45) is 10.7 Å². The molecule has 2 aromatic rings. The summed E-state index contributed by atoms with van der Waals surface area (Å²) in [4.78, 5) is 18.3. The lowest BCUT2D eigenvalue weighted by atomic mass is 10.0. The second-order valence-electron chi connectivity index (χ2n) is 7.29. The fraction of sp³-hybridized carbons (Fsp3) is 0.364. The van der Waals surface area contributed by atoms with E-state index in [1.807, 2.05) is 35.2 Å². The number of amides is 1. The van der Waals surface area contributed by atoms with E-state index in [9.17, 15) is 4.79 Å². The Labute approximate surface area is 184 Å². The van der Waals surface area contributed by atoms with Crippen molar-refractivity contribution < 1.29 is 4.79 Å². The Morgan fingerprint density at radius 1 is 1.18 bits per heavy atom. The highest BCUT2D eigenvalue weighted by molar-refractivity contribution is 14.0. The Hall–Kier alpha value is -2.09. The van der Waals surface area contributed by atoms with Gasteiger partial charge in [-0.15, -0.1) is 24.0 Å². The first-order valence-corrected chi connectivity index (χ1v) is 9.54. The Balaban J connectivity index is 0.00000280. The lowest BCUT2D eigenvalue weighted by Crippen LogP contribution is -2.25. The van der Waals surface area contributed by atoms with Crippen LogP contribution in [0.5, 0.6) is 0 Å². The molecule has 150 valence electrons. The molecular weight excluding hydrogens is 463 g/mol. The van der Waals surface area contributed by atoms with Gasteiger partial charge < -0.3 is 16.0 Å². The third-order valence-corrected chi connectivity index (χ3v) is 4.90. The van der Waals surface area contributed by atoms with Crippen LogP contribution in [-0.2, 0) is 17.9 Å². The number of hydrogen-bond donors (Lipinski definition) is 2. The molecule has 1 aliphatic heterocycles. The molecule has 6 heteroatoms. The maximum atomic E-state index is 11.9. The minimum absolute atomic E-state index is 0. The van der Waals surface area contributed by atoms with Crippen LogP contribution in [-0.4, -0.2) is 23.3 Å². The Morgan fingerprint density at radius 3 is 2.61 bits per heavy atom. The zero-order valence-electron chi connectivity index (χ0n) is 16.5. The van der Waals surface area contributed by atoms with E-state index in [1.54, 1.807) is 0 Å². The van der Waals surface area contributed by atoms with E-state index >= 15 is 0 Å². The third kappa shape index (κ3) is 5.95. The predicted molar refractivity (Wildman–Crippen MR) is 126 cm³/mol. The van der Waals surface area contributed by atoms with Crippen molar-refractivity contribution in [3.05, 3.63) is 65.2 Å². The van der Waals surface area contributed by atoms with Gasteiger partial charge in [-0.3, -0.25) is 4.79 Å². The Kier molecular flexibility index (Phi) is 8.29. The number of benzene rings is 2. The maximum absolute atomic E-state index is 11.9. The van der Waals surface area contributed by atoms with Crippen molar-refractivity contribution in [3.8, 4) is 0 Å². The van der Waals surface area contributed by atoms with Gasteiger partial charge in [-0.05, 0) is 41.2 Å². The fourth-order valence-corrected chi connectivity index (χ4v) is 3.28. The number of nitrogens with two attached hydrogens (primary N) is 1. The first-order chi connectivity index (χ1) is 13.0. The summed E-state index contributed by atoms with van der Waals surface area (Å²) in [5, 5.41) is 3.17. The SMILES string of the molecule is CC(C)c1cccc(NC(N)=NCc2ccccc2CN2CCCC2=O)c1.I. The van der Waals surface area contributed by atoms with Crippen LogP contribution >= 0.6 is 24.0 Å². The summed E-state index contributed by atoms with van der Waals surface area (Å²) in [7, 11) is 0. The first kappa shape index (κ1) is 22.2. The summed E-state index contributed by atoms with van der Waals surface area (Å²) >= 11 is 0. The van der Waals surface area contributed by atoms with E-state index in [-0.39, 0.29) is 29.9 Å². The Bertz CT molecular complexity index is 835. The van der Waals surface area contributed by atoms with E-state index in [2.05, 4.69) is 42.4 Å². The molecule has 0 spiro atoms. The van der Waals surface area contributed by atoms with Crippen LogP contribution in [0.3, 0.4) is 0 Å². The lowest BCUT2D eigenvalue weighted by Gasteiger charge is -2.17. The number of hydrogen-bond acceptors (Lipinski definition) is 2. The monoisotopic (exact) mass is 492 g/mol. The molecule has 1 heterocycles. The molecule has 5 nitrogen and oxygen atoms in total. The normalized spacial score (nSPS) is 14.3. The van der Waals surface area contributed by atoms with Crippen molar-refractivity contribution in [3.63, 3.8) is 0 Å². The number of nitrogens with zero attached hydrogens (tertiary/aromatic N) is 2. The third-order valence-electron chi connectivity index (χ3n) is 4.90. The van der Waals surface area contributed by atoms with Gasteiger partial charge in [0, 0.05) is 25.2 Å². The second-order valence-corrected chi connectivity index (χ2v) is 7.29. The molecule has 0 aromatic heterocycles. The molecule has 1 saturated heterocycles. The molecule has 28 heavy (non-hydrogen) atoms. The molecule has 0 atom stereocenters. The Morgan fingerprint density at radius 2 is 1.93 bits per heavy atom. The van der Waals surface area contributed by atoms with Gasteiger partial charge in [0.1, 0.15) is 0 Å². The van der Waals surface area contributed by atoms with Crippen molar-refractivity contribution in [1.82, 2.24) is 4.90 Å². The smallest absolute Gasteiger partial charge is 0.222 e. The minimum atomic E-state index is 0.